The maximum atomic E-state index is 12.3. The molecule has 0 spiro atoms. The molecule has 0 aliphatic carbocycles. The van der Waals surface area contributed by atoms with E-state index in [0.717, 1.165) is 12.0 Å². The molecule has 0 aliphatic heterocycles. The number of carbonyl (C=O) groups is 1. The van der Waals surface area contributed by atoms with Crippen molar-refractivity contribution in [3.05, 3.63) is 34.9 Å². The predicted octanol–water partition coefficient (Wildman–Crippen LogP) is 5.09. The Balaban J connectivity index is 2.68. The van der Waals surface area contributed by atoms with Crippen LogP contribution in [0.5, 0.6) is 0 Å². The number of unbranched alkanes of at least 4 members (excludes halogenated alkanes) is 1. The van der Waals surface area contributed by atoms with Crippen LogP contribution in [0.3, 0.4) is 0 Å². The molecule has 0 aliphatic rings. The van der Waals surface area contributed by atoms with Crippen LogP contribution < -0.4 is 0 Å². The molecule has 0 fully saturated rings. The van der Waals surface area contributed by atoms with Gasteiger partial charge < -0.3 is 0 Å². The van der Waals surface area contributed by atoms with E-state index in [1.54, 1.807) is 0 Å². The van der Waals surface area contributed by atoms with Crippen LogP contribution in [0.1, 0.15) is 67.4 Å². The Bertz CT molecular complexity index is 372. The van der Waals surface area contributed by atoms with E-state index in [1.165, 1.54) is 30.4 Å². The number of Topliss-reactive ketones (excluding diaryl/α,β-unsaturated/α-hetero) is 1. The Labute approximate surface area is 112 Å². The molecule has 0 saturated heterocycles. The largest absolute Gasteiger partial charge is 0.294 e. The number of hydrogen-bond acceptors (Lipinski definition) is 1. The first-order chi connectivity index (χ1) is 8.56. The normalized spacial score (nSPS) is 12.4. The van der Waals surface area contributed by atoms with Crippen molar-refractivity contribution in [3.63, 3.8) is 0 Å². The van der Waals surface area contributed by atoms with E-state index in [-0.39, 0.29) is 0 Å². The molecule has 0 amide bonds. The average Bonchev–Trinajstić information content (AvgIpc) is 2.32. The summed E-state index contributed by atoms with van der Waals surface area (Å²) in [6.45, 7) is 8.50. The average molecular weight is 246 g/mol. The Morgan fingerprint density at radius 1 is 1.11 bits per heavy atom. The van der Waals surface area contributed by atoms with E-state index in [4.69, 9.17) is 0 Å². The molecule has 0 heterocycles. The van der Waals surface area contributed by atoms with E-state index >= 15 is 0 Å². The van der Waals surface area contributed by atoms with Crippen molar-refractivity contribution < 1.29 is 4.79 Å². The van der Waals surface area contributed by atoms with Crippen molar-refractivity contribution in [2.45, 2.75) is 59.8 Å². The first-order valence-corrected chi connectivity index (χ1v) is 7.18. The van der Waals surface area contributed by atoms with E-state index in [0.29, 0.717) is 18.1 Å². The number of aryl methyl sites for hydroxylation is 2. The van der Waals surface area contributed by atoms with Crippen molar-refractivity contribution in [2.75, 3.05) is 0 Å². The summed E-state index contributed by atoms with van der Waals surface area (Å²) in [7, 11) is 0. The second-order valence-electron chi connectivity index (χ2n) is 5.42. The fourth-order valence-corrected chi connectivity index (χ4v) is 2.46. The topological polar surface area (TPSA) is 17.1 Å². The van der Waals surface area contributed by atoms with Crippen molar-refractivity contribution >= 4 is 5.78 Å². The summed E-state index contributed by atoms with van der Waals surface area (Å²) >= 11 is 0. The van der Waals surface area contributed by atoms with E-state index in [2.05, 4.69) is 33.8 Å². The third-order valence-corrected chi connectivity index (χ3v) is 3.56. The van der Waals surface area contributed by atoms with Crippen molar-refractivity contribution in [2.24, 2.45) is 5.92 Å². The molecule has 0 saturated carbocycles. The van der Waals surface area contributed by atoms with Gasteiger partial charge in [0.05, 0.1) is 0 Å². The third-order valence-electron chi connectivity index (χ3n) is 3.56. The quantitative estimate of drug-likeness (QED) is 0.612. The summed E-state index contributed by atoms with van der Waals surface area (Å²) < 4.78 is 0. The Morgan fingerprint density at radius 2 is 1.72 bits per heavy atom. The molecule has 100 valence electrons. The zero-order valence-corrected chi connectivity index (χ0v) is 12.3. The van der Waals surface area contributed by atoms with E-state index < -0.39 is 0 Å². The molecular weight excluding hydrogens is 220 g/mol. The van der Waals surface area contributed by atoms with Crippen molar-refractivity contribution in [1.82, 2.24) is 0 Å². The minimum atomic E-state index is 0.310. The molecule has 1 rings (SSSR count). The van der Waals surface area contributed by atoms with Crippen LogP contribution in [0.15, 0.2) is 18.2 Å². The van der Waals surface area contributed by atoms with Gasteiger partial charge in [-0.2, -0.15) is 0 Å². The summed E-state index contributed by atoms with van der Waals surface area (Å²) in [5.74, 6) is 0.864. The van der Waals surface area contributed by atoms with Crippen LogP contribution >= 0.6 is 0 Å². The summed E-state index contributed by atoms with van der Waals surface area (Å²) in [5, 5.41) is 0. The van der Waals surface area contributed by atoms with E-state index in [1.807, 2.05) is 12.1 Å². The zero-order valence-electron chi connectivity index (χ0n) is 12.3. The monoisotopic (exact) mass is 246 g/mol. The first kappa shape index (κ1) is 14.9. The SMILES string of the molecule is CCCCC(CC)CC(=O)c1cc(C)cc(C)c1. The van der Waals surface area contributed by atoms with Gasteiger partial charge in [-0.1, -0.05) is 56.7 Å². The molecule has 0 radical (unpaired) electrons. The molecule has 1 aromatic rings. The van der Waals surface area contributed by atoms with Gasteiger partial charge in [-0.15, -0.1) is 0 Å². The maximum Gasteiger partial charge on any atom is 0.163 e. The van der Waals surface area contributed by atoms with Gasteiger partial charge in [0.15, 0.2) is 5.78 Å². The Kier molecular flexibility index (Phi) is 6.11. The van der Waals surface area contributed by atoms with E-state index in [9.17, 15) is 4.79 Å². The molecule has 0 bridgehead atoms. The standard InChI is InChI=1S/C17H26O/c1-5-7-8-15(6-2)12-17(18)16-10-13(3)9-14(4)11-16/h9-11,15H,5-8,12H2,1-4H3. The molecule has 1 unspecified atom stereocenters. The molecule has 18 heavy (non-hydrogen) atoms. The Morgan fingerprint density at radius 3 is 2.22 bits per heavy atom. The maximum absolute atomic E-state index is 12.3. The molecule has 1 atom stereocenters. The molecule has 1 nitrogen and oxygen atoms in total. The second kappa shape index (κ2) is 7.35. The van der Waals surface area contributed by atoms with Crippen LogP contribution in [-0.4, -0.2) is 5.78 Å². The smallest absolute Gasteiger partial charge is 0.163 e. The molecule has 0 aromatic heterocycles. The molecule has 1 aromatic carbocycles. The first-order valence-electron chi connectivity index (χ1n) is 7.18. The highest BCUT2D eigenvalue weighted by atomic mass is 16.1. The number of rotatable bonds is 7. The fraction of sp³-hybridized carbons (Fsp3) is 0.588. The molecule has 1 heteroatoms. The lowest BCUT2D eigenvalue weighted by molar-refractivity contribution is 0.0957. The lowest BCUT2D eigenvalue weighted by Gasteiger charge is -2.13. The minimum Gasteiger partial charge on any atom is -0.294 e. The second-order valence-corrected chi connectivity index (χ2v) is 5.42. The summed E-state index contributed by atoms with van der Waals surface area (Å²) in [4.78, 5) is 12.3. The summed E-state index contributed by atoms with van der Waals surface area (Å²) in [6, 6.07) is 6.15. The van der Waals surface area contributed by atoms with Crippen LogP contribution in [0, 0.1) is 19.8 Å². The zero-order chi connectivity index (χ0) is 13.5. The lowest BCUT2D eigenvalue weighted by atomic mass is 9.91. The van der Waals surface area contributed by atoms with Crippen LogP contribution in [0.25, 0.3) is 0 Å². The molecule has 0 N–H and O–H groups in total. The number of hydrogen-bond donors (Lipinski definition) is 0. The van der Waals surface area contributed by atoms with Crippen LogP contribution in [0.2, 0.25) is 0 Å². The summed E-state index contributed by atoms with van der Waals surface area (Å²) in [6.07, 6.45) is 5.45. The van der Waals surface area contributed by atoms with Gasteiger partial charge in [0.1, 0.15) is 0 Å². The highest BCUT2D eigenvalue weighted by Gasteiger charge is 2.13. The van der Waals surface area contributed by atoms with Gasteiger partial charge in [0, 0.05) is 12.0 Å². The number of ketones is 1. The van der Waals surface area contributed by atoms with Crippen molar-refractivity contribution in [3.8, 4) is 0 Å². The van der Waals surface area contributed by atoms with Crippen LogP contribution in [0.4, 0.5) is 0 Å². The van der Waals surface area contributed by atoms with Gasteiger partial charge in [-0.05, 0) is 31.9 Å². The third kappa shape index (κ3) is 4.64. The van der Waals surface area contributed by atoms with Gasteiger partial charge in [-0.3, -0.25) is 4.79 Å². The number of carbonyl (C=O) groups excluding carboxylic acids is 1. The fourth-order valence-electron chi connectivity index (χ4n) is 2.46. The van der Waals surface area contributed by atoms with Gasteiger partial charge >= 0.3 is 0 Å². The minimum absolute atomic E-state index is 0.310. The number of benzene rings is 1. The van der Waals surface area contributed by atoms with Gasteiger partial charge in [0.2, 0.25) is 0 Å². The highest BCUT2D eigenvalue weighted by Crippen LogP contribution is 2.20. The lowest BCUT2D eigenvalue weighted by Crippen LogP contribution is -2.09. The van der Waals surface area contributed by atoms with Crippen LogP contribution in [-0.2, 0) is 0 Å². The molecular formula is C17H26O. The summed E-state index contributed by atoms with van der Waals surface area (Å²) in [5.41, 5.74) is 3.25. The predicted molar refractivity (Wildman–Crippen MR) is 78.2 cm³/mol. The van der Waals surface area contributed by atoms with Gasteiger partial charge in [0.25, 0.3) is 0 Å². The Hall–Kier alpha value is -1.11. The van der Waals surface area contributed by atoms with Crippen molar-refractivity contribution in [1.29, 1.82) is 0 Å². The highest BCUT2D eigenvalue weighted by molar-refractivity contribution is 5.96. The van der Waals surface area contributed by atoms with Gasteiger partial charge in [-0.25, -0.2) is 0 Å².